The van der Waals surface area contributed by atoms with Crippen LogP contribution in [0.4, 0.5) is 0 Å². The Morgan fingerprint density at radius 1 is 0.320 bits per heavy atom. The maximum atomic E-state index is 8.17. The monoisotopic (exact) mass is 416 g/mol. The molecule has 156 valence electrons. The fraction of sp³-hybridized carbons (Fsp3) is 1.00. The van der Waals surface area contributed by atoms with Crippen LogP contribution in [0.25, 0.3) is 0 Å². The maximum absolute atomic E-state index is 8.17. The van der Waals surface area contributed by atoms with Gasteiger partial charge in [0.05, 0.1) is 52.9 Å². The molecule has 12 nitrogen and oxygen atoms in total. The molecule has 0 unspecified atom stereocenters. The molecule has 0 fully saturated rings. The van der Waals surface area contributed by atoms with E-state index >= 15 is 0 Å². The van der Waals surface area contributed by atoms with E-state index in [1.54, 1.807) is 0 Å². The van der Waals surface area contributed by atoms with E-state index in [-0.39, 0.29) is 74.6 Å². The zero-order valence-corrected chi connectivity index (χ0v) is 15.4. The van der Waals surface area contributed by atoms with E-state index in [0.717, 1.165) is 0 Å². The smallest absolute Gasteiger partial charge is 0.100 e. The van der Waals surface area contributed by atoms with Crippen LogP contribution in [0.15, 0.2) is 0 Å². The van der Waals surface area contributed by atoms with Gasteiger partial charge in [-0.1, -0.05) is 0 Å². The molecule has 0 aromatic carbocycles. The minimum absolute atomic E-state index is 0. The Morgan fingerprint density at radius 3 is 0.400 bits per heavy atom. The number of rotatable bonds is 8. The maximum Gasteiger partial charge on any atom is 0.100 e. The van der Waals surface area contributed by atoms with Gasteiger partial charge in [0.25, 0.3) is 0 Å². The van der Waals surface area contributed by atoms with Gasteiger partial charge >= 0.3 is 0 Å². The van der Waals surface area contributed by atoms with Gasteiger partial charge in [-0.25, -0.2) is 0 Å². The molecule has 13 heteroatoms. The largest absolute Gasteiger partial charge is 0.394 e. The average molecular weight is 416 g/mol. The van der Waals surface area contributed by atoms with Crippen LogP contribution in [-0.4, -0.2) is 139 Å². The minimum atomic E-state index is -0.954. The van der Waals surface area contributed by atoms with Crippen molar-refractivity contribution < 1.29 is 83.0 Å². The van der Waals surface area contributed by atoms with Crippen molar-refractivity contribution in [2.24, 2.45) is 0 Å². The van der Waals surface area contributed by atoms with Crippen molar-refractivity contribution in [3.8, 4) is 0 Å². The molecule has 25 heavy (non-hydrogen) atoms. The first-order valence-corrected chi connectivity index (χ1v) is 6.83. The summed E-state index contributed by atoms with van der Waals surface area (Å²) in [6.07, 6.45) is -3.81. The average Bonchev–Trinajstić information content (AvgIpc) is 2.66. The summed E-state index contributed by atoms with van der Waals surface area (Å²) in [5, 5.41) is 96.1. The summed E-state index contributed by atoms with van der Waals surface area (Å²) in [6, 6.07) is 0. The van der Waals surface area contributed by atoms with E-state index in [4.69, 9.17) is 61.3 Å². The van der Waals surface area contributed by atoms with E-state index in [1.807, 2.05) is 0 Å². The van der Waals surface area contributed by atoms with Crippen molar-refractivity contribution >= 4 is 0 Å². The Morgan fingerprint density at radius 2 is 0.400 bits per heavy atom. The van der Waals surface area contributed by atoms with Crippen molar-refractivity contribution in [2.75, 3.05) is 52.9 Å². The number of hydrogen-bond acceptors (Lipinski definition) is 12. The topological polar surface area (TPSA) is 243 Å². The van der Waals surface area contributed by atoms with Crippen LogP contribution in [0, 0.1) is 0 Å². The zero-order valence-electron chi connectivity index (χ0n) is 13.8. The van der Waals surface area contributed by atoms with Crippen LogP contribution in [-0.2, 0) is 21.7 Å². The van der Waals surface area contributed by atoms with Gasteiger partial charge < -0.3 is 61.3 Å². The van der Waals surface area contributed by atoms with Crippen molar-refractivity contribution in [1.29, 1.82) is 0 Å². The molecule has 0 aromatic heterocycles. The summed E-state index contributed by atoms with van der Waals surface area (Å²) in [5.74, 6) is 0. The summed E-state index contributed by atoms with van der Waals surface area (Å²) in [4.78, 5) is 0. The molecular weight excluding hydrogens is 384 g/mol. The summed E-state index contributed by atoms with van der Waals surface area (Å²) >= 11 is 0. The van der Waals surface area contributed by atoms with Gasteiger partial charge in [0.2, 0.25) is 0 Å². The molecule has 0 aliphatic heterocycles. The normalized spacial score (nSPS) is 9.60. The van der Waals surface area contributed by atoms with Crippen molar-refractivity contribution in [3.63, 3.8) is 0 Å². The van der Waals surface area contributed by atoms with Crippen LogP contribution in [0.5, 0.6) is 0 Å². The predicted octanol–water partition coefficient (Wildman–Crippen LogP) is -6.67. The zero-order chi connectivity index (χ0) is 20.0. The summed E-state index contributed by atoms with van der Waals surface area (Å²) in [5.41, 5.74) is 0. The summed E-state index contributed by atoms with van der Waals surface area (Å²) < 4.78 is 0. The Bertz CT molecular complexity index is 147. The first-order valence-electron chi connectivity index (χ1n) is 6.83. The molecule has 0 aromatic rings. The van der Waals surface area contributed by atoms with Crippen LogP contribution >= 0.6 is 0 Å². The van der Waals surface area contributed by atoms with E-state index in [0.29, 0.717) is 0 Å². The molecule has 0 aliphatic carbocycles. The third-order valence-electron chi connectivity index (χ3n) is 1.69. The van der Waals surface area contributed by atoms with Crippen LogP contribution in [0.1, 0.15) is 0 Å². The predicted molar refractivity (Wildman–Crippen MR) is 80.7 cm³/mol. The fourth-order valence-electron chi connectivity index (χ4n) is 0.231. The molecule has 0 bridgehead atoms. The second-order valence-electron chi connectivity index (χ2n) is 4.08. The minimum Gasteiger partial charge on any atom is -0.394 e. The van der Waals surface area contributed by atoms with Gasteiger partial charge in [0.15, 0.2) is 0 Å². The number of hydrogen-bond donors (Lipinski definition) is 12. The molecule has 0 saturated carbocycles. The molecule has 0 spiro atoms. The number of aliphatic hydroxyl groups excluding tert-OH is 12. The Balaban J connectivity index is -0.0000000702. The van der Waals surface area contributed by atoms with Crippen molar-refractivity contribution in [2.45, 2.75) is 24.4 Å². The quantitative estimate of drug-likeness (QED) is 0.165. The van der Waals surface area contributed by atoms with Gasteiger partial charge in [-0.15, -0.1) is 0 Å². The molecule has 0 aliphatic rings. The second-order valence-corrected chi connectivity index (χ2v) is 4.08. The van der Waals surface area contributed by atoms with Crippen LogP contribution in [0.3, 0.4) is 0 Å². The summed E-state index contributed by atoms with van der Waals surface area (Å²) in [6.45, 7) is -2.92. The van der Waals surface area contributed by atoms with Crippen LogP contribution in [0.2, 0.25) is 0 Å². The van der Waals surface area contributed by atoms with Gasteiger partial charge in [-0.05, 0) is 0 Å². The molecule has 12 N–H and O–H groups in total. The third kappa shape index (κ3) is 45.5. The number of aliphatic hydroxyl groups is 12. The van der Waals surface area contributed by atoms with Crippen LogP contribution < -0.4 is 0 Å². The van der Waals surface area contributed by atoms with Gasteiger partial charge in [-0.3, -0.25) is 0 Å². The Kier molecular flexibility index (Phi) is 46.3. The standard InChI is InChI=1S/4C3H8O3.Ti/c4*4-1-3(6)2-5;/h4*3-6H,1-2H2;. The van der Waals surface area contributed by atoms with E-state index < -0.39 is 24.4 Å². The van der Waals surface area contributed by atoms with E-state index in [2.05, 4.69) is 0 Å². The fourth-order valence-corrected chi connectivity index (χ4v) is 0.231. The van der Waals surface area contributed by atoms with E-state index in [9.17, 15) is 0 Å². The molecule has 0 saturated heterocycles. The summed E-state index contributed by atoms with van der Waals surface area (Å²) in [7, 11) is 0. The third-order valence-corrected chi connectivity index (χ3v) is 1.69. The molecule has 0 rings (SSSR count). The molecule has 0 heterocycles. The van der Waals surface area contributed by atoms with Gasteiger partial charge in [-0.2, -0.15) is 0 Å². The Labute approximate surface area is 160 Å². The first kappa shape index (κ1) is 36.2. The molecule has 0 radical (unpaired) electrons. The van der Waals surface area contributed by atoms with E-state index in [1.165, 1.54) is 0 Å². The SMILES string of the molecule is OCC(O)CO.OCC(O)CO.OCC(O)CO.OCC(O)CO.[Ti]. The first-order chi connectivity index (χ1) is 11.2. The molecule has 0 amide bonds. The molecule has 0 atom stereocenters. The van der Waals surface area contributed by atoms with Gasteiger partial charge in [0, 0.05) is 21.7 Å². The molecular formula is C12H32O12Ti. The van der Waals surface area contributed by atoms with Gasteiger partial charge in [0.1, 0.15) is 24.4 Å². The van der Waals surface area contributed by atoms with Crippen molar-refractivity contribution in [1.82, 2.24) is 0 Å². The second kappa shape index (κ2) is 32.0. The Hall–Kier alpha value is 0.234. The van der Waals surface area contributed by atoms with Crippen molar-refractivity contribution in [3.05, 3.63) is 0 Å².